The molecular formula is C22H25N5O. The lowest BCUT2D eigenvalue weighted by atomic mass is 10.1. The highest BCUT2D eigenvalue weighted by Crippen LogP contribution is 2.30. The summed E-state index contributed by atoms with van der Waals surface area (Å²) in [6, 6.07) is 17.9. The summed E-state index contributed by atoms with van der Waals surface area (Å²) in [5, 5.41) is 15.0. The summed E-state index contributed by atoms with van der Waals surface area (Å²) in [7, 11) is 0. The van der Waals surface area contributed by atoms with Crippen molar-refractivity contribution in [2.75, 3.05) is 10.6 Å². The first kappa shape index (κ1) is 18.2. The predicted octanol–water partition coefficient (Wildman–Crippen LogP) is 5.54. The van der Waals surface area contributed by atoms with E-state index in [-0.39, 0.29) is 0 Å². The van der Waals surface area contributed by atoms with E-state index in [0.29, 0.717) is 17.7 Å². The van der Waals surface area contributed by atoms with Gasteiger partial charge in [0.15, 0.2) is 11.6 Å². The van der Waals surface area contributed by atoms with Gasteiger partial charge in [0.05, 0.1) is 11.9 Å². The molecule has 0 saturated heterocycles. The summed E-state index contributed by atoms with van der Waals surface area (Å²) >= 11 is 0. The van der Waals surface area contributed by atoms with Crippen LogP contribution in [0, 0.1) is 0 Å². The molecule has 0 bridgehead atoms. The fourth-order valence-corrected chi connectivity index (χ4v) is 3.45. The van der Waals surface area contributed by atoms with Crippen molar-refractivity contribution in [3.63, 3.8) is 0 Å². The molecule has 2 N–H and O–H groups in total. The Morgan fingerprint density at radius 1 is 0.857 bits per heavy atom. The highest BCUT2D eigenvalue weighted by atomic mass is 16.5. The van der Waals surface area contributed by atoms with E-state index in [9.17, 15) is 0 Å². The van der Waals surface area contributed by atoms with Gasteiger partial charge in [-0.2, -0.15) is 10.1 Å². The van der Waals surface area contributed by atoms with Crippen LogP contribution in [0.15, 0.2) is 60.8 Å². The van der Waals surface area contributed by atoms with E-state index in [4.69, 9.17) is 4.74 Å². The largest absolute Gasteiger partial charge is 0.455 e. The highest BCUT2D eigenvalue weighted by Gasteiger charge is 2.13. The Kier molecular flexibility index (Phi) is 5.97. The van der Waals surface area contributed by atoms with Crippen LogP contribution in [0.4, 0.5) is 17.5 Å². The van der Waals surface area contributed by atoms with Crippen molar-refractivity contribution < 1.29 is 4.74 Å². The lowest BCUT2D eigenvalue weighted by molar-refractivity contribution is 0.485. The lowest BCUT2D eigenvalue weighted by Crippen LogP contribution is -2.19. The number of hydrogen-bond donors (Lipinski definition) is 2. The van der Waals surface area contributed by atoms with Gasteiger partial charge in [-0.05, 0) is 37.1 Å². The first-order chi connectivity index (χ1) is 13.9. The van der Waals surface area contributed by atoms with E-state index < -0.39 is 0 Å². The summed E-state index contributed by atoms with van der Waals surface area (Å²) in [6.45, 7) is 0. The third-order valence-electron chi connectivity index (χ3n) is 4.87. The summed E-state index contributed by atoms with van der Waals surface area (Å²) < 4.78 is 5.99. The van der Waals surface area contributed by atoms with Crippen LogP contribution >= 0.6 is 0 Å². The monoisotopic (exact) mass is 375 g/mol. The Morgan fingerprint density at radius 3 is 2.43 bits per heavy atom. The van der Waals surface area contributed by atoms with Crippen LogP contribution in [0.5, 0.6) is 11.5 Å². The van der Waals surface area contributed by atoms with Gasteiger partial charge < -0.3 is 15.4 Å². The summed E-state index contributed by atoms with van der Waals surface area (Å²) in [5.41, 5.74) is 0.791. The van der Waals surface area contributed by atoms with E-state index >= 15 is 0 Å². The molecule has 0 atom stereocenters. The van der Waals surface area contributed by atoms with Crippen LogP contribution in [0.1, 0.15) is 38.5 Å². The number of ether oxygens (including phenoxy) is 1. The van der Waals surface area contributed by atoms with E-state index in [1.807, 2.05) is 54.6 Å². The van der Waals surface area contributed by atoms with Crippen LogP contribution in [0.2, 0.25) is 0 Å². The number of benzene rings is 2. The molecule has 1 fully saturated rings. The van der Waals surface area contributed by atoms with Crippen LogP contribution in [0.3, 0.4) is 0 Å². The molecule has 1 aromatic heterocycles. The number of rotatable bonds is 6. The highest BCUT2D eigenvalue weighted by molar-refractivity contribution is 5.63. The maximum Gasteiger partial charge on any atom is 0.249 e. The molecule has 4 rings (SSSR count). The molecule has 3 aromatic rings. The van der Waals surface area contributed by atoms with Gasteiger partial charge in [-0.15, -0.1) is 5.10 Å². The molecule has 144 valence electrons. The average molecular weight is 375 g/mol. The molecule has 28 heavy (non-hydrogen) atoms. The molecular weight excluding hydrogens is 350 g/mol. The third-order valence-corrected chi connectivity index (χ3v) is 4.87. The average Bonchev–Trinajstić information content (AvgIpc) is 2.99. The molecule has 0 unspecified atom stereocenters. The minimum absolute atomic E-state index is 0.447. The number of para-hydroxylation sites is 3. The van der Waals surface area contributed by atoms with Gasteiger partial charge >= 0.3 is 0 Å². The minimum atomic E-state index is 0.447. The fourth-order valence-electron chi connectivity index (χ4n) is 3.45. The SMILES string of the molecule is c1ccc(Oc2ccccc2Nc2nncc(NC3CCCCCC3)n2)cc1. The third kappa shape index (κ3) is 4.97. The molecule has 1 saturated carbocycles. The Bertz CT molecular complexity index is 879. The predicted molar refractivity (Wildman–Crippen MR) is 111 cm³/mol. The molecule has 1 aliphatic carbocycles. The molecule has 6 heteroatoms. The molecule has 0 amide bonds. The van der Waals surface area contributed by atoms with Crippen LogP contribution in [-0.4, -0.2) is 21.2 Å². The summed E-state index contributed by atoms with van der Waals surface area (Å²) in [4.78, 5) is 4.59. The normalized spacial score (nSPS) is 14.9. The van der Waals surface area contributed by atoms with Crippen molar-refractivity contribution in [3.8, 4) is 11.5 Å². The van der Waals surface area contributed by atoms with Crippen molar-refractivity contribution >= 4 is 17.5 Å². The molecule has 1 heterocycles. The van der Waals surface area contributed by atoms with E-state index in [1.165, 1.54) is 38.5 Å². The molecule has 0 spiro atoms. The van der Waals surface area contributed by atoms with Gasteiger partial charge in [-0.25, -0.2) is 0 Å². The standard InChI is InChI=1S/C22H25N5O/c1-2-5-11-17(10-4-1)24-21-16-23-27-22(26-21)25-19-14-8-9-15-20(19)28-18-12-6-3-7-13-18/h3,6-9,12-17H,1-2,4-5,10-11H2,(H2,24,25,26,27). The van der Waals surface area contributed by atoms with Crippen LogP contribution in [-0.2, 0) is 0 Å². The summed E-state index contributed by atoms with van der Waals surface area (Å²) in [6.07, 6.45) is 9.23. The molecule has 1 aliphatic rings. The number of nitrogens with one attached hydrogen (secondary N) is 2. The first-order valence-corrected chi connectivity index (χ1v) is 9.92. The zero-order valence-electron chi connectivity index (χ0n) is 15.8. The molecule has 2 aromatic carbocycles. The zero-order valence-corrected chi connectivity index (χ0v) is 15.8. The first-order valence-electron chi connectivity index (χ1n) is 9.92. The second-order valence-electron chi connectivity index (χ2n) is 7.03. The van der Waals surface area contributed by atoms with Crippen molar-refractivity contribution in [2.45, 2.75) is 44.6 Å². The number of anilines is 3. The van der Waals surface area contributed by atoms with Crippen LogP contribution < -0.4 is 15.4 Å². The van der Waals surface area contributed by atoms with Crippen molar-refractivity contribution in [1.82, 2.24) is 15.2 Å². The van der Waals surface area contributed by atoms with E-state index in [1.54, 1.807) is 6.20 Å². The van der Waals surface area contributed by atoms with Gasteiger partial charge in [0.1, 0.15) is 5.75 Å². The van der Waals surface area contributed by atoms with Gasteiger partial charge in [-0.1, -0.05) is 56.0 Å². The second kappa shape index (κ2) is 9.17. The maximum absolute atomic E-state index is 5.99. The summed E-state index contributed by atoms with van der Waals surface area (Å²) in [5.74, 6) is 2.69. The molecule has 0 radical (unpaired) electrons. The Balaban J connectivity index is 1.47. The lowest BCUT2D eigenvalue weighted by Gasteiger charge is -2.17. The van der Waals surface area contributed by atoms with Gasteiger partial charge in [0, 0.05) is 6.04 Å². The second-order valence-corrected chi connectivity index (χ2v) is 7.03. The Morgan fingerprint density at radius 2 is 1.61 bits per heavy atom. The van der Waals surface area contributed by atoms with Crippen molar-refractivity contribution in [3.05, 3.63) is 60.8 Å². The molecule has 0 aliphatic heterocycles. The Labute approximate surface area is 165 Å². The van der Waals surface area contributed by atoms with Gasteiger partial charge in [0.2, 0.25) is 5.95 Å². The van der Waals surface area contributed by atoms with E-state index in [0.717, 1.165) is 17.3 Å². The number of nitrogens with zero attached hydrogens (tertiary/aromatic N) is 3. The van der Waals surface area contributed by atoms with Gasteiger partial charge in [-0.3, -0.25) is 0 Å². The van der Waals surface area contributed by atoms with Crippen molar-refractivity contribution in [2.24, 2.45) is 0 Å². The zero-order chi connectivity index (χ0) is 19.0. The van der Waals surface area contributed by atoms with Crippen LogP contribution in [0.25, 0.3) is 0 Å². The topological polar surface area (TPSA) is 72.0 Å². The number of aromatic nitrogens is 3. The molecule has 6 nitrogen and oxygen atoms in total. The quantitative estimate of drug-likeness (QED) is 0.551. The van der Waals surface area contributed by atoms with Gasteiger partial charge in [0.25, 0.3) is 0 Å². The Hall–Kier alpha value is -3.15. The van der Waals surface area contributed by atoms with Crippen molar-refractivity contribution in [1.29, 1.82) is 0 Å². The smallest absolute Gasteiger partial charge is 0.249 e. The fraction of sp³-hybridized carbons (Fsp3) is 0.318. The van der Waals surface area contributed by atoms with E-state index in [2.05, 4.69) is 25.8 Å². The number of hydrogen-bond acceptors (Lipinski definition) is 6. The minimum Gasteiger partial charge on any atom is -0.455 e. The maximum atomic E-state index is 5.99.